The van der Waals surface area contributed by atoms with Crippen LogP contribution in [0.4, 0.5) is 5.82 Å². The zero-order valence-corrected chi connectivity index (χ0v) is 9.79. The number of methoxy groups -OCH3 is 1. The first kappa shape index (κ1) is 12.0. The second kappa shape index (κ2) is 6.45. The van der Waals surface area contributed by atoms with Crippen molar-refractivity contribution in [2.75, 3.05) is 18.3 Å². The van der Waals surface area contributed by atoms with Crippen molar-refractivity contribution in [1.82, 2.24) is 9.97 Å². The lowest BCUT2D eigenvalue weighted by Gasteiger charge is -2.13. The third kappa shape index (κ3) is 4.34. The monoisotopic (exact) mass is 229 g/mol. The maximum absolute atomic E-state index is 5.62. The van der Waals surface area contributed by atoms with Crippen molar-refractivity contribution in [2.45, 2.75) is 25.8 Å². The zero-order valence-electron chi connectivity index (χ0n) is 9.03. The van der Waals surface area contributed by atoms with Crippen molar-refractivity contribution < 1.29 is 4.74 Å². The van der Waals surface area contributed by atoms with Gasteiger partial charge in [-0.1, -0.05) is 0 Å². The number of nitrogens with one attached hydrogen (secondary N) is 1. The summed E-state index contributed by atoms with van der Waals surface area (Å²) in [7, 11) is 1.59. The van der Waals surface area contributed by atoms with Crippen molar-refractivity contribution in [1.29, 1.82) is 0 Å². The van der Waals surface area contributed by atoms with Crippen LogP contribution in [0.1, 0.15) is 19.8 Å². The van der Waals surface area contributed by atoms with E-state index in [2.05, 4.69) is 22.2 Å². The first-order valence-electron chi connectivity index (χ1n) is 4.94. The van der Waals surface area contributed by atoms with Gasteiger partial charge in [0.05, 0.1) is 7.11 Å². The molecule has 0 bridgehead atoms. The second-order valence-corrected chi connectivity index (χ2v) is 3.70. The van der Waals surface area contributed by atoms with E-state index in [1.807, 2.05) is 0 Å². The SMILES string of the molecule is COc1cc(NC(C)CCCCl)ncn1. The standard InChI is InChI=1S/C10H16ClN3O/c1-8(4-3-5-11)14-9-6-10(15-2)13-7-12-9/h6-8H,3-5H2,1-2H3,(H,12,13,14). The summed E-state index contributed by atoms with van der Waals surface area (Å²) in [6, 6.07) is 2.13. The number of ether oxygens (including phenoxy) is 1. The Bertz CT molecular complexity index is 296. The number of rotatable bonds is 6. The van der Waals surface area contributed by atoms with Gasteiger partial charge in [0.2, 0.25) is 5.88 Å². The third-order valence-corrected chi connectivity index (χ3v) is 2.28. The van der Waals surface area contributed by atoms with E-state index in [1.54, 1.807) is 13.2 Å². The highest BCUT2D eigenvalue weighted by molar-refractivity contribution is 6.17. The minimum Gasteiger partial charge on any atom is -0.481 e. The largest absolute Gasteiger partial charge is 0.481 e. The quantitative estimate of drug-likeness (QED) is 0.761. The van der Waals surface area contributed by atoms with E-state index in [0.29, 0.717) is 17.8 Å². The minimum atomic E-state index is 0.350. The van der Waals surface area contributed by atoms with Gasteiger partial charge in [0.1, 0.15) is 12.1 Å². The van der Waals surface area contributed by atoms with E-state index in [4.69, 9.17) is 16.3 Å². The minimum absolute atomic E-state index is 0.350. The molecule has 0 saturated carbocycles. The van der Waals surface area contributed by atoms with Crippen molar-refractivity contribution in [3.63, 3.8) is 0 Å². The molecule has 0 amide bonds. The maximum atomic E-state index is 5.62. The van der Waals surface area contributed by atoms with Gasteiger partial charge in [0, 0.05) is 18.0 Å². The van der Waals surface area contributed by atoms with Crippen molar-refractivity contribution in [3.8, 4) is 5.88 Å². The first-order chi connectivity index (χ1) is 7.26. The molecule has 1 unspecified atom stereocenters. The molecule has 15 heavy (non-hydrogen) atoms. The molecule has 1 atom stereocenters. The van der Waals surface area contributed by atoms with Crippen LogP contribution in [0, 0.1) is 0 Å². The van der Waals surface area contributed by atoms with E-state index < -0.39 is 0 Å². The van der Waals surface area contributed by atoms with Gasteiger partial charge >= 0.3 is 0 Å². The Labute approximate surface area is 95.0 Å². The van der Waals surface area contributed by atoms with Crippen LogP contribution in [0.5, 0.6) is 5.88 Å². The van der Waals surface area contributed by atoms with Gasteiger partial charge in [0.25, 0.3) is 0 Å². The molecular weight excluding hydrogens is 214 g/mol. The van der Waals surface area contributed by atoms with Crippen LogP contribution in [0.3, 0.4) is 0 Å². The Hall–Kier alpha value is -1.03. The van der Waals surface area contributed by atoms with Gasteiger partial charge in [-0.05, 0) is 19.8 Å². The molecule has 1 rings (SSSR count). The summed E-state index contributed by atoms with van der Waals surface area (Å²) in [6.07, 6.45) is 3.50. The third-order valence-electron chi connectivity index (χ3n) is 2.02. The van der Waals surface area contributed by atoms with Gasteiger partial charge in [-0.25, -0.2) is 9.97 Å². The highest BCUT2D eigenvalue weighted by atomic mass is 35.5. The number of hydrogen-bond acceptors (Lipinski definition) is 4. The fourth-order valence-corrected chi connectivity index (χ4v) is 1.39. The van der Waals surface area contributed by atoms with Crippen LogP contribution < -0.4 is 10.1 Å². The normalized spacial score (nSPS) is 12.2. The molecule has 5 heteroatoms. The summed E-state index contributed by atoms with van der Waals surface area (Å²) in [5.74, 6) is 2.04. The number of halogens is 1. The molecule has 1 aromatic rings. The maximum Gasteiger partial charge on any atom is 0.218 e. The van der Waals surface area contributed by atoms with E-state index in [0.717, 1.165) is 18.7 Å². The number of nitrogens with zero attached hydrogens (tertiary/aromatic N) is 2. The summed E-state index contributed by atoms with van der Waals surface area (Å²) in [5, 5.41) is 3.26. The lowest BCUT2D eigenvalue weighted by Crippen LogP contribution is -2.16. The molecule has 1 heterocycles. The van der Waals surface area contributed by atoms with Gasteiger partial charge in [-0.3, -0.25) is 0 Å². The zero-order chi connectivity index (χ0) is 11.1. The topological polar surface area (TPSA) is 47.0 Å². The molecular formula is C10H16ClN3O. The molecule has 0 aliphatic heterocycles. The Balaban J connectivity index is 2.48. The number of alkyl halides is 1. The predicted molar refractivity (Wildman–Crippen MR) is 61.6 cm³/mol. The van der Waals surface area contributed by atoms with Crippen LogP contribution in [0.2, 0.25) is 0 Å². The Kier molecular flexibility index (Phi) is 5.18. The van der Waals surface area contributed by atoms with Gasteiger partial charge in [0.15, 0.2) is 0 Å². The van der Waals surface area contributed by atoms with Crippen molar-refractivity contribution in [3.05, 3.63) is 12.4 Å². The molecule has 0 aliphatic carbocycles. The molecule has 4 nitrogen and oxygen atoms in total. The Morgan fingerprint density at radius 2 is 2.33 bits per heavy atom. The predicted octanol–water partition coefficient (Wildman–Crippen LogP) is 2.30. The van der Waals surface area contributed by atoms with E-state index in [9.17, 15) is 0 Å². The Morgan fingerprint density at radius 1 is 1.53 bits per heavy atom. The molecule has 1 N–H and O–H groups in total. The number of anilines is 1. The molecule has 0 fully saturated rings. The van der Waals surface area contributed by atoms with Gasteiger partial charge in [-0.2, -0.15) is 0 Å². The van der Waals surface area contributed by atoms with Crippen LogP contribution in [0.25, 0.3) is 0 Å². The molecule has 0 saturated heterocycles. The average molecular weight is 230 g/mol. The molecule has 84 valence electrons. The summed E-state index contributed by atoms with van der Waals surface area (Å²) in [5.41, 5.74) is 0. The van der Waals surface area contributed by atoms with Crippen molar-refractivity contribution in [2.24, 2.45) is 0 Å². The lowest BCUT2D eigenvalue weighted by atomic mass is 10.2. The molecule has 0 spiro atoms. The summed E-state index contributed by atoms with van der Waals surface area (Å²) >= 11 is 5.62. The number of hydrogen-bond donors (Lipinski definition) is 1. The molecule has 0 aromatic carbocycles. The van der Waals surface area contributed by atoms with Crippen molar-refractivity contribution >= 4 is 17.4 Å². The molecule has 0 aliphatic rings. The Morgan fingerprint density at radius 3 is 3.00 bits per heavy atom. The van der Waals surface area contributed by atoms with Crippen LogP contribution >= 0.6 is 11.6 Å². The fourth-order valence-electron chi connectivity index (χ4n) is 1.24. The van der Waals surface area contributed by atoms with Crippen LogP contribution in [-0.2, 0) is 0 Å². The molecule has 1 aromatic heterocycles. The highest BCUT2D eigenvalue weighted by Crippen LogP contribution is 2.12. The number of aromatic nitrogens is 2. The van der Waals surface area contributed by atoms with Gasteiger partial charge in [-0.15, -0.1) is 11.6 Å². The smallest absolute Gasteiger partial charge is 0.218 e. The average Bonchev–Trinajstić information content (AvgIpc) is 2.26. The summed E-state index contributed by atoms with van der Waals surface area (Å²) in [4.78, 5) is 8.03. The first-order valence-corrected chi connectivity index (χ1v) is 5.48. The lowest BCUT2D eigenvalue weighted by molar-refractivity contribution is 0.397. The summed E-state index contributed by atoms with van der Waals surface area (Å²) in [6.45, 7) is 2.10. The van der Waals surface area contributed by atoms with E-state index >= 15 is 0 Å². The fraction of sp³-hybridized carbons (Fsp3) is 0.600. The van der Waals surface area contributed by atoms with Gasteiger partial charge < -0.3 is 10.1 Å². The van der Waals surface area contributed by atoms with E-state index in [-0.39, 0.29) is 0 Å². The van der Waals surface area contributed by atoms with Crippen LogP contribution in [-0.4, -0.2) is 29.0 Å². The van der Waals surface area contributed by atoms with Crippen LogP contribution in [0.15, 0.2) is 12.4 Å². The van der Waals surface area contributed by atoms with E-state index in [1.165, 1.54) is 6.33 Å². The second-order valence-electron chi connectivity index (χ2n) is 3.32. The molecule has 0 radical (unpaired) electrons. The highest BCUT2D eigenvalue weighted by Gasteiger charge is 2.03. The summed E-state index contributed by atoms with van der Waals surface area (Å²) < 4.78 is 5.01.